The van der Waals surface area contributed by atoms with Gasteiger partial charge in [-0.3, -0.25) is 0 Å². The first-order chi connectivity index (χ1) is 3.46. The Bertz CT molecular complexity index is 76.6. The van der Waals surface area contributed by atoms with Gasteiger partial charge in [0.2, 0.25) is 0 Å². The summed E-state index contributed by atoms with van der Waals surface area (Å²) in [4.78, 5) is 16.7. The quantitative estimate of drug-likeness (QED) is 0.264. The van der Waals surface area contributed by atoms with Crippen LogP contribution in [0.15, 0.2) is 0 Å². The molecule has 0 unspecified atom stereocenters. The molecule has 0 fully saturated rings. The van der Waals surface area contributed by atoms with Crippen LogP contribution in [0.3, 0.4) is 0 Å². The fourth-order valence-corrected chi connectivity index (χ4v) is 0. The molecule has 0 aromatic carbocycles. The van der Waals surface area contributed by atoms with Gasteiger partial charge in [0.1, 0.15) is 0 Å². The maximum absolute atomic E-state index is 8.36. The van der Waals surface area contributed by atoms with Gasteiger partial charge in [-0.2, -0.15) is 0 Å². The van der Waals surface area contributed by atoms with Gasteiger partial charge in [-0.15, -0.1) is 20.2 Å². The van der Waals surface area contributed by atoms with Crippen LogP contribution in [0.25, 0.3) is 0 Å². The van der Waals surface area contributed by atoms with E-state index in [1.807, 2.05) is 0 Å². The van der Waals surface area contributed by atoms with Crippen molar-refractivity contribution in [2.24, 2.45) is 0 Å². The summed E-state index contributed by atoms with van der Waals surface area (Å²) in [5, 5.41) is 27.3. The van der Waals surface area contributed by atoms with Crippen LogP contribution in [0.1, 0.15) is 2.85 Å². The van der Waals surface area contributed by atoms with Crippen LogP contribution in [0.2, 0.25) is 0 Å². The van der Waals surface area contributed by atoms with Crippen LogP contribution in [0, 0.1) is 20.2 Å². The van der Waals surface area contributed by atoms with Gasteiger partial charge in [0.15, 0.2) is 0 Å². The minimum absolute atomic E-state index is 0. The van der Waals surface area contributed by atoms with E-state index in [4.69, 9.17) is 30.6 Å². The Kier molecular flexibility index (Phi) is 17.8. The van der Waals surface area contributed by atoms with E-state index in [9.17, 15) is 0 Å². The Morgan fingerprint density at radius 2 is 1.11 bits per heavy atom. The van der Waals surface area contributed by atoms with Gasteiger partial charge in [0.25, 0.3) is 10.2 Å². The van der Waals surface area contributed by atoms with Crippen molar-refractivity contribution in [2.45, 2.75) is 0 Å². The summed E-state index contributed by atoms with van der Waals surface area (Å²) < 4.78 is 0. The van der Waals surface area contributed by atoms with Crippen molar-refractivity contribution in [1.82, 2.24) is 0 Å². The van der Waals surface area contributed by atoms with Crippen LogP contribution >= 0.6 is 0 Å². The first-order valence-electron chi connectivity index (χ1n) is 1.13. The molecule has 0 saturated carbocycles. The second-order valence-corrected chi connectivity index (χ2v) is 0.476. The zero-order valence-electron chi connectivity index (χ0n) is 6.13. The van der Waals surface area contributed by atoms with E-state index in [2.05, 4.69) is 0 Å². The standard InChI is InChI=1S/Mg.2HNO3.2H/c;2*2-1(3)4;;/h;2*(H,2,3,4);;/q+2;;;2*-1. The summed E-state index contributed by atoms with van der Waals surface area (Å²) in [5.74, 6) is 0. The van der Waals surface area contributed by atoms with Crippen molar-refractivity contribution in [1.29, 1.82) is 0 Å². The van der Waals surface area contributed by atoms with Crippen LogP contribution in [-0.4, -0.2) is 43.6 Å². The summed E-state index contributed by atoms with van der Waals surface area (Å²) in [6.07, 6.45) is 0. The molecule has 0 aliphatic heterocycles. The van der Waals surface area contributed by atoms with Crippen molar-refractivity contribution in [3.8, 4) is 0 Å². The number of hydrogen-bond donors (Lipinski definition) is 2. The average molecular weight is 152 g/mol. The molecule has 0 radical (unpaired) electrons. The van der Waals surface area contributed by atoms with Gasteiger partial charge in [-0.1, -0.05) is 0 Å². The monoisotopic (exact) mass is 152 g/mol. The van der Waals surface area contributed by atoms with Gasteiger partial charge >= 0.3 is 23.1 Å². The fourth-order valence-electron chi connectivity index (χ4n) is 0. The van der Waals surface area contributed by atoms with E-state index in [-0.39, 0.29) is 25.9 Å². The van der Waals surface area contributed by atoms with Crippen molar-refractivity contribution in [3.05, 3.63) is 20.2 Å². The molecule has 0 aromatic rings. The third-order valence-electron chi connectivity index (χ3n) is 0. The molecule has 2 N–H and O–H groups in total. The van der Waals surface area contributed by atoms with Crippen molar-refractivity contribution < 1.29 is 23.4 Å². The van der Waals surface area contributed by atoms with E-state index in [1.165, 1.54) is 0 Å². The first-order valence-corrected chi connectivity index (χ1v) is 1.13. The SMILES string of the molecule is O=[N+]([O-])O.O=[N+]([O-])O.[H-].[H-].[Mg+2]. The Labute approximate surface area is 67.4 Å². The summed E-state index contributed by atoms with van der Waals surface area (Å²) >= 11 is 0. The van der Waals surface area contributed by atoms with E-state index < -0.39 is 10.2 Å². The summed E-state index contributed by atoms with van der Waals surface area (Å²) in [6.45, 7) is 0. The molecule has 0 rings (SSSR count). The molecule has 0 aliphatic carbocycles. The minimum atomic E-state index is -1.50. The van der Waals surface area contributed by atoms with Crippen molar-refractivity contribution >= 4 is 23.1 Å². The average Bonchev–Trinajstić information content (AvgIpc) is 1.25. The molecule has 0 saturated heterocycles. The molecular formula is H4MgN2O6. The zero-order valence-corrected chi connectivity index (χ0v) is 5.54. The van der Waals surface area contributed by atoms with Gasteiger partial charge in [0, 0.05) is 0 Å². The second kappa shape index (κ2) is 10.2. The molecule has 0 heterocycles. The molecule has 0 spiro atoms. The van der Waals surface area contributed by atoms with Crippen LogP contribution in [0.5, 0.6) is 0 Å². The molecule has 0 bridgehead atoms. The van der Waals surface area contributed by atoms with Crippen LogP contribution in [-0.2, 0) is 0 Å². The first kappa shape index (κ1) is 15.7. The molecule has 9 heavy (non-hydrogen) atoms. The fraction of sp³-hybridized carbons (Fsp3) is 0. The van der Waals surface area contributed by atoms with Crippen LogP contribution < -0.4 is 0 Å². The molecule has 52 valence electrons. The number of rotatable bonds is 0. The minimum Gasteiger partial charge on any atom is -1.00 e. The van der Waals surface area contributed by atoms with Gasteiger partial charge < -0.3 is 13.3 Å². The summed E-state index contributed by atoms with van der Waals surface area (Å²) in [5.41, 5.74) is 0. The predicted molar refractivity (Wildman–Crippen MR) is 25.5 cm³/mol. The summed E-state index contributed by atoms with van der Waals surface area (Å²) in [7, 11) is 0. The van der Waals surface area contributed by atoms with Crippen LogP contribution in [0.4, 0.5) is 0 Å². The van der Waals surface area contributed by atoms with Gasteiger partial charge in [-0.05, 0) is 0 Å². The van der Waals surface area contributed by atoms with Gasteiger partial charge in [0.05, 0.1) is 0 Å². The van der Waals surface area contributed by atoms with Crippen molar-refractivity contribution in [2.75, 3.05) is 0 Å². The molecule has 0 aliphatic rings. The predicted octanol–water partition coefficient (Wildman–Crippen LogP) is -0.851. The normalized spacial score (nSPS) is 5.33. The van der Waals surface area contributed by atoms with Gasteiger partial charge in [-0.25, -0.2) is 0 Å². The largest absolute Gasteiger partial charge is 2.00 e. The summed E-state index contributed by atoms with van der Waals surface area (Å²) in [6, 6.07) is 0. The Hall–Kier alpha value is -0.834. The molecule has 0 amide bonds. The zero-order chi connectivity index (χ0) is 7.15. The van der Waals surface area contributed by atoms with E-state index in [1.54, 1.807) is 0 Å². The topological polar surface area (TPSA) is 127 Å². The molecule has 8 nitrogen and oxygen atoms in total. The number of hydrogen-bond acceptors (Lipinski definition) is 4. The maximum Gasteiger partial charge on any atom is 2.00 e. The smallest absolute Gasteiger partial charge is 1.00 e. The van der Waals surface area contributed by atoms with E-state index in [0.717, 1.165) is 0 Å². The third kappa shape index (κ3) is 275. The maximum atomic E-state index is 8.36. The van der Waals surface area contributed by atoms with Crippen molar-refractivity contribution in [3.63, 3.8) is 0 Å². The molecule has 0 aromatic heterocycles. The number of nitrogens with zero attached hydrogens (tertiary/aromatic N) is 2. The molecule has 9 heteroatoms. The Morgan fingerprint density at radius 3 is 1.11 bits per heavy atom. The molecular weight excluding hydrogens is 148 g/mol. The second-order valence-electron chi connectivity index (χ2n) is 0.476. The Balaban J connectivity index is -0.0000000171. The van der Waals surface area contributed by atoms with E-state index >= 15 is 0 Å². The molecule has 0 atom stereocenters. The third-order valence-corrected chi connectivity index (χ3v) is 0. The Morgan fingerprint density at radius 1 is 1.11 bits per heavy atom. The van der Waals surface area contributed by atoms with E-state index in [0.29, 0.717) is 0 Å².